The van der Waals surface area contributed by atoms with E-state index in [-0.39, 0.29) is 0 Å². The highest BCUT2D eigenvalue weighted by atomic mass is 16.5. The predicted octanol–water partition coefficient (Wildman–Crippen LogP) is 2.26. The predicted molar refractivity (Wildman–Crippen MR) is 38.1 cm³/mol. The lowest BCUT2D eigenvalue weighted by molar-refractivity contribution is 0.127. The second-order valence-electron chi connectivity index (χ2n) is 2.23. The van der Waals surface area contributed by atoms with E-state index in [9.17, 15) is 0 Å². The Morgan fingerprint density at radius 3 is 3.22 bits per heavy atom. The average Bonchev–Trinajstić information content (AvgIpc) is 1.91. The normalized spacial score (nSPS) is 25.1. The van der Waals surface area contributed by atoms with Crippen LogP contribution >= 0.6 is 0 Å². The second-order valence-corrected chi connectivity index (χ2v) is 2.23. The zero-order valence-corrected chi connectivity index (χ0v) is 5.55. The van der Waals surface area contributed by atoms with Crippen molar-refractivity contribution in [2.75, 3.05) is 0 Å². The Kier molecular flexibility index (Phi) is 2.37. The van der Waals surface area contributed by atoms with Gasteiger partial charge in [-0.05, 0) is 18.9 Å². The molecular weight excluding hydrogens is 112 g/mol. The molecule has 1 aliphatic rings. The maximum Gasteiger partial charge on any atom is 0.101 e. The summed E-state index contributed by atoms with van der Waals surface area (Å²) >= 11 is 0. The van der Waals surface area contributed by atoms with Crippen LogP contribution in [-0.2, 0) is 4.74 Å². The Morgan fingerprint density at radius 1 is 1.78 bits per heavy atom. The lowest BCUT2D eigenvalue weighted by atomic mass is 10.1. The van der Waals surface area contributed by atoms with Crippen molar-refractivity contribution >= 4 is 0 Å². The number of rotatable bonds is 2. The summed E-state index contributed by atoms with van der Waals surface area (Å²) in [7, 11) is 0. The lowest BCUT2D eigenvalue weighted by Gasteiger charge is -2.16. The van der Waals surface area contributed by atoms with E-state index in [1.165, 1.54) is 0 Å². The van der Waals surface area contributed by atoms with E-state index in [2.05, 4.69) is 12.7 Å². The first-order valence-corrected chi connectivity index (χ1v) is 3.35. The lowest BCUT2D eigenvalue weighted by Crippen LogP contribution is -2.10. The highest BCUT2D eigenvalue weighted by molar-refractivity contribution is 4.85. The number of hydrogen-bond donors (Lipinski definition) is 0. The van der Waals surface area contributed by atoms with E-state index in [0.717, 1.165) is 19.3 Å². The molecule has 0 aliphatic carbocycles. The van der Waals surface area contributed by atoms with Gasteiger partial charge in [-0.1, -0.05) is 6.08 Å². The largest absolute Gasteiger partial charge is 0.498 e. The molecule has 0 amide bonds. The highest BCUT2D eigenvalue weighted by Crippen LogP contribution is 2.12. The van der Waals surface area contributed by atoms with Crippen LogP contribution in [-0.4, -0.2) is 6.10 Å². The van der Waals surface area contributed by atoms with Crippen molar-refractivity contribution in [1.29, 1.82) is 0 Å². The van der Waals surface area contributed by atoms with Crippen LogP contribution in [0.4, 0.5) is 0 Å². The monoisotopic (exact) mass is 124 g/mol. The molecule has 0 saturated carbocycles. The van der Waals surface area contributed by atoms with E-state index < -0.39 is 0 Å². The van der Waals surface area contributed by atoms with Crippen LogP contribution in [0, 0.1) is 0 Å². The Morgan fingerprint density at radius 2 is 2.67 bits per heavy atom. The van der Waals surface area contributed by atoms with Crippen LogP contribution in [0.3, 0.4) is 0 Å². The van der Waals surface area contributed by atoms with Crippen molar-refractivity contribution in [3.63, 3.8) is 0 Å². The third kappa shape index (κ3) is 1.92. The van der Waals surface area contributed by atoms with Crippen LogP contribution < -0.4 is 0 Å². The summed E-state index contributed by atoms with van der Waals surface area (Å²) in [6.45, 7) is 3.65. The van der Waals surface area contributed by atoms with Crippen LogP contribution in [0.1, 0.15) is 19.3 Å². The molecule has 9 heavy (non-hydrogen) atoms. The third-order valence-corrected chi connectivity index (χ3v) is 1.45. The van der Waals surface area contributed by atoms with Crippen molar-refractivity contribution in [2.45, 2.75) is 25.4 Å². The van der Waals surface area contributed by atoms with E-state index in [4.69, 9.17) is 4.74 Å². The summed E-state index contributed by atoms with van der Waals surface area (Å²) in [5.74, 6) is 0. The summed E-state index contributed by atoms with van der Waals surface area (Å²) in [5, 5.41) is 0. The molecule has 1 unspecified atom stereocenters. The fourth-order valence-corrected chi connectivity index (χ4v) is 0.944. The molecule has 0 N–H and O–H groups in total. The van der Waals surface area contributed by atoms with Gasteiger partial charge in [0, 0.05) is 6.42 Å². The standard InChI is InChI=1S/C8H12O/c1-2-5-8-6-3-4-7-9-8/h2,4,7-8H,1,3,5-6H2. The first-order valence-electron chi connectivity index (χ1n) is 3.35. The molecule has 1 nitrogen and oxygen atoms in total. The smallest absolute Gasteiger partial charge is 0.101 e. The van der Waals surface area contributed by atoms with Gasteiger partial charge in [-0.15, -0.1) is 6.58 Å². The minimum atomic E-state index is 0.396. The van der Waals surface area contributed by atoms with Gasteiger partial charge in [-0.3, -0.25) is 0 Å². The summed E-state index contributed by atoms with van der Waals surface area (Å²) in [6, 6.07) is 0. The molecule has 1 heteroatoms. The zero-order chi connectivity index (χ0) is 6.53. The first-order chi connectivity index (χ1) is 4.43. The quantitative estimate of drug-likeness (QED) is 0.513. The molecule has 1 rings (SSSR count). The minimum Gasteiger partial charge on any atom is -0.498 e. The van der Waals surface area contributed by atoms with Gasteiger partial charge in [0.15, 0.2) is 0 Å². The van der Waals surface area contributed by atoms with Crippen LogP contribution in [0.15, 0.2) is 25.0 Å². The van der Waals surface area contributed by atoms with Crippen LogP contribution in [0.5, 0.6) is 0 Å². The van der Waals surface area contributed by atoms with Gasteiger partial charge in [0.2, 0.25) is 0 Å². The van der Waals surface area contributed by atoms with Gasteiger partial charge in [0.05, 0.1) is 6.26 Å². The van der Waals surface area contributed by atoms with Gasteiger partial charge in [0.1, 0.15) is 6.10 Å². The first kappa shape index (κ1) is 6.40. The van der Waals surface area contributed by atoms with Crippen molar-refractivity contribution in [3.05, 3.63) is 25.0 Å². The molecule has 50 valence electrons. The summed E-state index contributed by atoms with van der Waals surface area (Å²) in [6.07, 6.45) is 9.42. The SMILES string of the molecule is C=CCC1CCC=CO1. The molecule has 1 heterocycles. The van der Waals surface area contributed by atoms with Crippen molar-refractivity contribution < 1.29 is 4.74 Å². The zero-order valence-electron chi connectivity index (χ0n) is 5.55. The van der Waals surface area contributed by atoms with Crippen molar-refractivity contribution in [1.82, 2.24) is 0 Å². The second kappa shape index (κ2) is 3.33. The molecule has 0 fully saturated rings. The topological polar surface area (TPSA) is 9.23 Å². The fraction of sp³-hybridized carbons (Fsp3) is 0.500. The Hall–Kier alpha value is -0.720. The molecule has 0 saturated heterocycles. The molecule has 1 atom stereocenters. The number of hydrogen-bond acceptors (Lipinski definition) is 1. The summed E-state index contributed by atoms with van der Waals surface area (Å²) in [4.78, 5) is 0. The average molecular weight is 124 g/mol. The maximum absolute atomic E-state index is 5.27. The van der Waals surface area contributed by atoms with Crippen LogP contribution in [0.25, 0.3) is 0 Å². The summed E-state index contributed by atoms with van der Waals surface area (Å²) in [5.41, 5.74) is 0. The van der Waals surface area contributed by atoms with E-state index in [1.807, 2.05) is 6.08 Å². The van der Waals surface area contributed by atoms with Gasteiger partial charge in [0.25, 0.3) is 0 Å². The van der Waals surface area contributed by atoms with Gasteiger partial charge >= 0.3 is 0 Å². The number of allylic oxidation sites excluding steroid dienone is 1. The van der Waals surface area contributed by atoms with E-state index in [1.54, 1.807) is 6.26 Å². The fourth-order valence-electron chi connectivity index (χ4n) is 0.944. The maximum atomic E-state index is 5.27. The van der Waals surface area contributed by atoms with Crippen molar-refractivity contribution in [2.24, 2.45) is 0 Å². The van der Waals surface area contributed by atoms with Crippen LogP contribution in [0.2, 0.25) is 0 Å². The summed E-state index contributed by atoms with van der Waals surface area (Å²) < 4.78 is 5.27. The van der Waals surface area contributed by atoms with Gasteiger partial charge in [-0.25, -0.2) is 0 Å². The Balaban J connectivity index is 2.26. The molecule has 0 aromatic heterocycles. The molecule has 0 aromatic rings. The highest BCUT2D eigenvalue weighted by Gasteiger charge is 2.06. The molecule has 1 aliphatic heterocycles. The number of ether oxygens (including phenoxy) is 1. The van der Waals surface area contributed by atoms with Gasteiger partial charge < -0.3 is 4.74 Å². The Bertz CT molecular complexity index is 116. The molecule has 0 spiro atoms. The minimum absolute atomic E-state index is 0.396. The molecule has 0 bridgehead atoms. The van der Waals surface area contributed by atoms with E-state index >= 15 is 0 Å². The third-order valence-electron chi connectivity index (χ3n) is 1.45. The van der Waals surface area contributed by atoms with Gasteiger partial charge in [-0.2, -0.15) is 0 Å². The Labute approximate surface area is 56.0 Å². The molecular formula is C8H12O. The molecule has 0 radical (unpaired) electrons. The van der Waals surface area contributed by atoms with Crippen molar-refractivity contribution in [3.8, 4) is 0 Å². The molecule has 0 aromatic carbocycles. The van der Waals surface area contributed by atoms with E-state index in [0.29, 0.717) is 6.10 Å².